The maximum atomic E-state index is 4.18. The van der Waals surface area contributed by atoms with Gasteiger partial charge in [0.05, 0.1) is 0 Å². The van der Waals surface area contributed by atoms with Gasteiger partial charge in [0.2, 0.25) is 0 Å². The van der Waals surface area contributed by atoms with Gasteiger partial charge in [0.25, 0.3) is 0 Å². The van der Waals surface area contributed by atoms with Crippen LogP contribution in [0.1, 0.15) is 54.4 Å². The zero-order valence-electron chi connectivity index (χ0n) is 12.4. The van der Waals surface area contributed by atoms with Gasteiger partial charge in [-0.2, -0.15) is 0 Å². The summed E-state index contributed by atoms with van der Waals surface area (Å²) in [5.74, 6) is 0.619. The van der Waals surface area contributed by atoms with E-state index in [4.69, 9.17) is 0 Å². The molecule has 1 aliphatic rings. The van der Waals surface area contributed by atoms with Crippen LogP contribution in [-0.2, 0) is 0 Å². The smallest absolute Gasteiger partial charge is 0.0145 e. The van der Waals surface area contributed by atoms with E-state index in [1.807, 2.05) is 13.8 Å². The van der Waals surface area contributed by atoms with Gasteiger partial charge in [-0.1, -0.05) is 58.1 Å². The zero-order chi connectivity index (χ0) is 13.4. The molecule has 0 aromatic rings. The second-order valence-electron chi connectivity index (χ2n) is 4.38. The van der Waals surface area contributed by atoms with Crippen molar-refractivity contribution in [2.75, 3.05) is 0 Å². The zero-order valence-corrected chi connectivity index (χ0v) is 12.4. The van der Waals surface area contributed by atoms with Gasteiger partial charge in [0.15, 0.2) is 0 Å². The van der Waals surface area contributed by atoms with Crippen molar-refractivity contribution in [3.8, 4) is 0 Å². The molecule has 0 N–H and O–H groups in total. The number of hydrogen-bond acceptors (Lipinski definition) is 0. The Kier molecular flexibility index (Phi) is 7.61. The Hall–Kier alpha value is -1.04. The molecule has 0 heteroatoms. The van der Waals surface area contributed by atoms with Crippen LogP contribution in [0.4, 0.5) is 0 Å². The molecule has 0 nitrogen and oxygen atoms in total. The molecule has 0 bridgehead atoms. The molecule has 1 rings (SSSR count). The molecule has 1 unspecified atom stereocenters. The monoisotopic (exact) mass is 232 g/mol. The summed E-state index contributed by atoms with van der Waals surface area (Å²) in [6, 6.07) is 0. The largest absolute Gasteiger partial charge is 0.0915 e. The third-order valence-electron chi connectivity index (χ3n) is 3.08. The first kappa shape index (κ1) is 16.0. The minimum atomic E-state index is 0.619. The Bertz CT molecular complexity index is 337. The summed E-state index contributed by atoms with van der Waals surface area (Å²) in [6.07, 6.45) is 8.89. The lowest BCUT2D eigenvalue weighted by Gasteiger charge is -2.25. The van der Waals surface area contributed by atoms with E-state index in [9.17, 15) is 0 Å². The minimum Gasteiger partial charge on any atom is -0.0915 e. The van der Waals surface area contributed by atoms with E-state index in [2.05, 4.69) is 52.5 Å². The van der Waals surface area contributed by atoms with Crippen LogP contribution in [0.2, 0.25) is 0 Å². The third-order valence-corrected chi connectivity index (χ3v) is 3.08. The predicted octanol–water partition coefficient (Wildman–Crippen LogP) is 5.84. The quantitative estimate of drug-likeness (QED) is 0.561. The van der Waals surface area contributed by atoms with Gasteiger partial charge in [-0.15, -0.1) is 0 Å². The summed E-state index contributed by atoms with van der Waals surface area (Å²) in [5, 5.41) is 0. The highest BCUT2D eigenvalue weighted by Crippen LogP contribution is 2.35. The standard InChI is InChI=1S/C15H22.C2H6/c1-6-8-11(3)15-12(4)9-14(7-2)10-13(15)5;1-2/h6,8-9,13H,4,7,10H2,1-3,5H3;1-2H3/b8-6-,15-11-;. The molecule has 0 amide bonds. The first-order valence-electron chi connectivity index (χ1n) is 6.82. The SMILES string of the molecule is C=C1C=C(CC)CC(C)/C1=C(C)\C=C/C.CC. The van der Waals surface area contributed by atoms with E-state index in [-0.39, 0.29) is 0 Å². The van der Waals surface area contributed by atoms with Crippen LogP contribution in [0.5, 0.6) is 0 Å². The molecule has 17 heavy (non-hydrogen) atoms. The van der Waals surface area contributed by atoms with Gasteiger partial charge in [0.1, 0.15) is 0 Å². The summed E-state index contributed by atoms with van der Waals surface area (Å²) in [4.78, 5) is 0. The van der Waals surface area contributed by atoms with E-state index in [1.54, 1.807) is 0 Å². The Morgan fingerprint density at radius 1 is 1.47 bits per heavy atom. The summed E-state index contributed by atoms with van der Waals surface area (Å²) >= 11 is 0. The molecule has 0 aliphatic heterocycles. The molecule has 0 heterocycles. The van der Waals surface area contributed by atoms with Crippen molar-refractivity contribution in [1.29, 1.82) is 0 Å². The minimum absolute atomic E-state index is 0.619. The van der Waals surface area contributed by atoms with E-state index < -0.39 is 0 Å². The Morgan fingerprint density at radius 2 is 2.06 bits per heavy atom. The van der Waals surface area contributed by atoms with Gasteiger partial charge in [-0.25, -0.2) is 0 Å². The van der Waals surface area contributed by atoms with Gasteiger partial charge >= 0.3 is 0 Å². The first-order chi connectivity index (χ1) is 8.10. The van der Waals surface area contributed by atoms with Crippen molar-refractivity contribution in [3.05, 3.63) is 47.1 Å². The average Bonchev–Trinajstić information content (AvgIpc) is 2.31. The Labute approximate surface area is 108 Å². The van der Waals surface area contributed by atoms with Crippen molar-refractivity contribution < 1.29 is 0 Å². The molecule has 0 radical (unpaired) electrons. The van der Waals surface area contributed by atoms with E-state index in [0.29, 0.717) is 5.92 Å². The lowest BCUT2D eigenvalue weighted by atomic mass is 9.80. The van der Waals surface area contributed by atoms with Crippen LogP contribution in [0.3, 0.4) is 0 Å². The van der Waals surface area contributed by atoms with Crippen LogP contribution in [0, 0.1) is 5.92 Å². The average molecular weight is 232 g/mol. The van der Waals surface area contributed by atoms with E-state index in [0.717, 1.165) is 6.42 Å². The first-order valence-corrected chi connectivity index (χ1v) is 6.82. The maximum Gasteiger partial charge on any atom is -0.0145 e. The third kappa shape index (κ3) is 4.38. The van der Waals surface area contributed by atoms with Crippen LogP contribution in [-0.4, -0.2) is 0 Å². The lowest BCUT2D eigenvalue weighted by molar-refractivity contribution is 0.647. The van der Waals surface area contributed by atoms with E-state index in [1.165, 1.54) is 28.7 Å². The van der Waals surface area contributed by atoms with Crippen molar-refractivity contribution in [2.45, 2.75) is 54.4 Å². The van der Waals surface area contributed by atoms with Gasteiger partial charge in [-0.3, -0.25) is 0 Å². The molecule has 0 saturated heterocycles. The highest BCUT2D eigenvalue weighted by atomic mass is 14.2. The topological polar surface area (TPSA) is 0 Å². The molecule has 0 spiro atoms. The lowest BCUT2D eigenvalue weighted by Crippen LogP contribution is -2.10. The van der Waals surface area contributed by atoms with Crippen molar-refractivity contribution >= 4 is 0 Å². The van der Waals surface area contributed by atoms with E-state index >= 15 is 0 Å². The highest BCUT2D eigenvalue weighted by molar-refractivity contribution is 5.49. The number of allylic oxidation sites excluding steroid dienone is 7. The fourth-order valence-electron chi connectivity index (χ4n) is 2.42. The highest BCUT2D eigenvalue weighted by Gasteiger charge is 2.19. The predicted molar refractivity (Wildman–Crippen MR) is 80.2 cm³/mol. The summed E-state index contributed by atoms with van der Waals surface area (Å²) < 4.78 is 0. The molecular weight excluding hydrogens is 204 g/mol. The second kappa shape index (κ2) is 8.11. The van der Waals surface area contributed by atoms with Crippen LogP contribution in [0.25, 0.3) is 0 Å². The summed E-state index contributed by atoms with van der Waals surface area (Å²) in [6.45, 7) is 16.9. The normalized spacial score (nSPS) is 23.1. The molecule has 0 saturated carbocycles. The number of hydrogen-bond donors (Lipinski definition) is 0. The second-order valence-corrected chi connectivity index (χ2v) is 4.38. The Balaban J connectivity index is 0.00000121. The molecule has 96 valence electrons. The van der Waals surface area contributed by atoms with Crippen molar-refractivity contribution in [3.63, 3.8) is 0 Å². The fraction of sp³-hybridized carbons (Fsp3) is 0.529. The molecular formula is C17H28. The molecule has 0 fully saturated rings. The molecule has 1 atom stereocenters. The molecule has 0 aromatic carbocycles. The Morgan fingerprint density at radius 3 is 2.47 bits per heavy atom. The summed E-state index contributed by atoms with van der Waals surface area (Å²) in [5.41, 5.74) is 5.54. The van der Waals surface area contributed by atoms with Crippen LogP contribution < -0.4 is 0 Å². The van der Waals surface area contributed by atoms with Gasteiger partial charge < -0.3 is 0 Å². The van der Waals surface area contributed by atoms with Gasteiger partial charge in [-0.05, 0) is 49.3 Å². The molecule has 0 aromatic heterocycles. The van der Waals surface area contributed by atoms with Crippen molar-refractivity contribution in [2.24, 2.45) is 5.92 Å². The van der Waals surface area contributed by atoms with Gasteiger partial charge in [0, 0.05) is 0 Å². The maximum absolute atomic E-state index is 4.18. The number of rotatable bonds is 2. The summed E-state index contributed by atoms with van der Waals surface area (Å²) in [7, 11) is 0. The van der Waals surface area contributed by atoms with Crippen LogP contribution >= 0.6 is 0 Å². The molecule has 1 aliphatic carbocycles. The fourth-order valence-corrected chi connectivity index (χ4v) is 2.42. The van der Waals surface area contributed by atoms with Crippen molar-refractivity contribution in [1.82, 2.24) is 0 Å². The van der Waals surface area contributed by atoms with Crippen LogP contribution in [0.15, 0.2) is 47.1 Å².